The molecule has 2 bridgehead atoms. The van der Waals surface area contributed by atoms with E-state index in [0.717, 1.165) is 25.1 Å². The summed E-state index contributed by atoms with van der Waals surface area (Å²) in [6, 6.07) is 7.05. The standard InChI is InChI=1S/C14H21N3O2S/c1-16-8-12-6-13(10-16)17(9-12)20(18,19)14-4-2-11(7-15)3-5-14/h2-5,12-13H,6-10,15H2,1H3. The molecule has 20 heavy (non-hydrogen) atoms. The van der Waals surface area contributed by atoms with Crippen LogP contribution in [-0.4, -0.2) is 50.3 Å². The molecule has 2 aliphatic rings. The maximum atomic E-state index is 12.8. The number of nitrogens with zero attached hydrogens (tertiary/aromatic N) is 2. The molecular formula is C14H21N3O2S. The summed E-state index contributed by atoms with van der Waals surface area (Å²) in [6.45, 7) is 2.90. The number of piperidine rings is 1. The highest BCUT2D eigenvalue weighted by Crippen LogP contribution is 2.33. The fraction of sp³-hybridized carbons (Fsp3) is 0.571. The molecule has 0 amide bonds. The first-order valence-corrected chi connectivity index (χ1v) is 8.44. The largest absolute Gasteiger partial charge is 0.326 e. The van der Waals surface area contributed by atoms with Gasteiger partial charge in [0.15, 0.2) is 0 Å². The number of nitrogens with two attached hydrogens (primary N) is 1. The zero-order valence-corrected chi connectivity index (χ0v) is 12.5. The van der Waals surface area contributed by atoms with Crippen LogP contribution in [0.25, 0.3) is 0 Å². The Balaban J connectivity index is 1.88. The molecule has 2 saturated heterocycles. The van der Waals surface area contributed by atoms with E-state index in [-0.39, 0.29) is 6.04 Å². The van der Waals surface area contributed by atoms with Gasteiger partial charge in [0.05, 0.1) is 4.90 Å². The third kappa shape index (κ3) is 2.37. The molecule has 2 unspecified atom stereocenters. The fourth-order valence-electron chi connectivity index (χ4n) is 3.38. The summed E-state index contributed by atoms with van der Waals surface area (Å²) in [7, 11) is -1.31. The molecule has 2 heterocycles. The predicted molar refractivity (Wildman–Crippen MR) is 77.6 cm³/mol. The van der Waals surface area contributed by atoms with Crippen molar-refractivity contribution < 1.29 is 8.42 Å². The van der Waals surface area contributed by atoms with Crippen molar-refractivity contribution in [3.8, 4) is 0 Å². The van der Waals surface area contributed by atoms with Crippen LogP contribution in [0.4, 0.5) is 0 Å². The van der Waals surface area contributed by atoms with Gasteiger partial charge in [0.25, 0.3) is 0 Å². The Morgan fingerprint density at radius 2 is 1.90 bits per heavy atom. The van der Waals surface area contributed by atoms with Gasteiger partial charge in [0, 0.05) is 32.2 Å². The molecule has 3 rings (SSSR count). The second-order valence-corrected chi connectivity index (χ2v) is 7.79. The van der Waals surface area contributed by atoms with Crippen molar-refractivity contribution in [3.63, 3.8) is 0 Å². The van der Waals surface area contributed by atoms with E-state index in [1.807, 2.05) is 0 Å². The van der Waals surface area contributed by atoms with E-state index < -0.39 is 10.0 Å². The second-order valence-electron chi connectivity index (χ2n) is 5.90. The second kappa shape index (κ2) is 5.11. The molecular weight excluding hydrogens is 274 g/mol. The van der Waals surface area contributed by atoms with E-state index in [1.54, 1.807) is 28.6 Å². The minimum atomic E-state index is -3.38. The van der Waals surface area contributed by atoms with Gasteiger partial charge in [-0.25, -0.2) is 8.42 Å². The Labute approximate surface area is 120 Å². The highest BCUT2D eigenvalue weighted by molar-refractivity contribution is 7.89. The number of likely N-dealkylation sites (N-methyl/N-ethyl adjacent to an activating group) is 1. The maximum Gasteiger partial charge on any atom is 0.243 e. The van der Waals surface area contributed by atoms with Crippen molar-refractivity contribution in [3.05, 3.63) is 29.8 Å². The van der Waals surface area contributed by atoms with Crippen LogP contribution in [0.2, 0.25) is 0 Å². The zero-order chi connectivity index (χ0) is 14.3. The molecule has 2 aliphatic heterocycles. The molecule has 2 fully saturated rings. The predicted octanol–water partition coefficient (Wildman–Crippen LogP) is 0.470. The Morgan fingerprint density at radius 1 is 1.20 bits per heavy atom. The number of hydrogen-bond donors (Lipinski definition) is 1. The highest BCUT2D eigenvalue weighted by Gasteiger charge is 2.43. The van der Waals surface area contributed by atoms with Gasteiger partial charge in [0.2, 0.25) is 10.0 Å². The summed E-state index contributed by atoms with van der Waals surface area (Å²) >= 11 is 0. The summed E-state index contributed by atoms with van der Waals surface area (Å²) in [5.41, 5.74) is 6.50. The van der Waals surface area contributed by atoms with Crippen molar-refractivity contribution in [1.82, 2.24) is 9.21 Å². The van der Waals surface area contributed by atoms with Crippen molar-refractivity contribution in [2.75, 3.05) is 26.7 Å². The molecule has 0 aromatic heterocycles. The Bertz CT molecular complexity index is 585. The average Bonchev–Trinajstić information content (AvgIpc) is 2.74. The number of benzene rings is 1. The normalized spacial score (nSPS) is 27.9. The molecule has 2 atom stereocenters. The summed E-state index contributed by atoms with van der Waals surface area (Å²) in [5.74, 6) is 0.469. The quantitative estimate of drug-likeness (QED) is 0.880. The lowest BCUT2D eigenvalue weighted by atomic mass is 10.0. The van der Waals surface area contributed by atoms with Crippen molar-refractivity contribution in [1.29, 1.82) is 0 Å². The van der Waals surface area contributed by atoms with Crippen LogP contribution in [-0.2, 0) is 16.6 Å². The number of hydrogen-bond acceptors (Lipinski definition) is 4. The average molecular weight is 295 g/mol. The van der Waals surface area contributed by atoms with Gasteiger partial charge in [-0.15, -0.1) is 0 Å². The summed E-state index contributed by atoms with van der Waals surface area (Å²) in [4.78, 5) is 2.61. The topological polar surface area (TPSA) is 66.6 Å². The van der Waals surface area contributed by atoms with Gasteiger partial charge in [-0.2, -0.15) is 4.31 Å². The third-order valence-corrected chi connectivity index (χ3v) is 6.24. The van der Waals surface area contributed by atoms with E-state index >= 15 is 0 Å². The molecule has 1 aromatic rings. The lowest BCUT2D eigenvalue weighted by Crippen LogP contribution is -2.42. The Hall–Kier alpha value is -0.950. The van der Waals surface area contributed by atoms with Gasteiger partial charge in [0.1, 0.15) is 0 Å². The Morgan fingerprint density at radius 3 is 2.55 bits per heavy atom. The van der Waals surface area contributed by atoms with Crippen LogP contribution >= 0.6 is 0 Å². The smallest absolute Gasteiger partial charge is 0.243 e. The van der Waals surface area contributed by atoms with E-state index in [4.69, 9.17) is 5.73 Å². The van der Waals surface area contributed by atoms with Crippen molar-refractivity contribution in [2.45, 2.75) is 23.9 Å². The molecule has 110 valence electrons. The van der Waals surface area contributed by atoms with Crippen LogP contribution in [0.1, 0.15) is 12.0 Å². The van der Waals surface area contributed by atoms with Gasteiger partial charge >= 0.3 is 0 Å². The monoisotopic (exact) mass is 295 g/mol. The summed E-state index contributed by atoms with van der Waals surface area (Å²) < 4.78 is 27.2. The molecule has 0 saturated carbocycles. The van der Waals surface area contributed by atoms with Crippen LogP contribution in [0.15, 0.2) is 29.2 Å². The van der Waals surface area contributed by atoms with Crippen molar-refractivity contribution in [2.24, 2.45) is 11.7 Å². The van der Waals surface area contributed by atoms with E-state index in [2.05, 4.69) is 11.9 Å². The number of fused-ring (bicyclic) bond motifs is 2. The molecule has 0 radical (unpaired) electrons. The first kappa shape index (κ1) is 14.0. The van der Waals surface area contributed by atoms with E-state index in [1.165, 1.54) is 0 Å². The molecule has 1 aromatic carbocycles. The number of likely N-dealkylation sites (tertiary alicyclic amines) is 1. The summed E-state index contributed by atoms with van der Waals surface area (Å²) in [6.07, 6.45) is 0.991. The molecule has 6 heteroatoms. The number of rotatable bonds is 3. The SMILES string of the molecule is CN1CC2CC(C1)N(S(=O)(=O)c1ccc(CN)cc1)C2. The lowest BCUT2D eigenvalue weighted by Gasteiger charge is -2.29. The lowest BCUT2D eigenvalue weighted by molar-refractivity contribution is 0.219. The van der Waals surface area contributed by atoms with E-state index in [9.17, 15) is 8.42 Å². The molecule has 5 nitrogen and oxygen atoms in total. The van der Waals surface area contributed by atoms with Crippen LogP contribution in [0.3, 0.4) is 0 Å². The third-order valence-electron chi connectivity index (χ3n) is 4.31. The molecule has 0 aliphatic carbocycles. The van der Waals surface area contributed by atoms with Gasteiger partial charge in [-0.1, -0.05) is 12.1 Å². The van der Waals surface area contributed by atoms with Gasteiger partial charge in [-0.3, -0.25) is 0 Å². The highest BCUT2D eigenvalue weighted by atomic mass is 32.2. The maximum absolute atomic E-state index is 12.8. The fourth-order valence-corrected chi connectivity index (χ4v) is 5.08. The van der Waals surface area contributed by atoms with Gasteiger partial charge < -0.3 is 10.6 Å². The van der Waals surface area contributed by atoms with Crippen LogP contribution < -0.4 is 5.73 Å². The Kier molecular flexibility index (Phi) is 3.58. The minimum absolute atomic E-state index is 0.123. The van der Waals surface area contributed by atoms with E-state index in [0.29, 0.717) is 23.9 Å². The molecule has 0 spiro atoms. The van der Waals surface area contributed by atoms with Crippen LogP contribution in [0, 0.1) is 5.92 Å². The van der Waals surface area contributed by atoms with Gasteiger partial charge in [-0.05, 0) is 37.1 Å². The number of sulfonamides is 1. The zero-order valence-electron chi connectivity index (χ0n) is 11.7. The van der Waals surface area contributed by atoms with Crippen LogP contribution in [0.5, 0.6) is 0 Å². The minimum Gasteiger partial charge on any atom is -0.326 e. The molecule has 2 N–H and O–H groups in total. The first-order valence-electron chi connectivity index (χ1n) is 7.00. The first-order chi connectivity index (χ1) is 9.50. The summed E-state index contributed by atoms with van der Waals surface area (Å²) in [5, 5.41) is 0. The van der Waals surface area contributed by atoms with Crippen molar-refractivity contribution >= 4 is 10.0 Å².